The molecule has 1 aromatic heterocycles. The number of nitrogens with zero attached hydrogens (tertiary/aromatic N) is 1. The second kappa shape index (κ2) is 7.08. The minimum absolute atomic E-state index is 0.0863. The molecule has 2 aromatic rings. The Morgan fingerprint density at radius 1 is 1.08 bits per heavy atom. The van der Waals surface area contributed by atoms with Gasteiger partial charge < -0.3 is 10.1 Å². The van der Waals surface area contributed by atoms with Crippen LogP contribution in [0.1, 0.15) is 31.1 Å². The summed E-state index contributed by atoms with van der Waals surface area (Å²) in [7, 11) is 0. The van der Waals surface area contributed by atoms with Gasteiger partial charge in [0.1, 0.15) is 11.4 Å². The van der Waals surface area contributed by atoms with Gasteiger partial charge in [-0.15, -0.1) is 0 Å². The zero-order valence-electron chi connectivity index (χ0n) is 13.6. The van der Waals surface area contributed by atoms with Crippen molar-refractivity contribution in [3.05, 3.63) is 54.1 Å². The Balaban J connectivity index is 2.11. The smallest absolute Gasteiger partial charge is 0.412 e. The number of anilines is 2. The van der Waals surface area contributed by atoms with Crippen LogP contribution in [0, 0.1) is 5.82 Å². The van der Waals surface area contributed by atoms with Crippen LogP contribution in [0.25, 0.3) is 0 Å². The highest BCUT2D eigenvalue weighted by Crippen LogP contribution is 2.21. The Hall–Kier alpha value is -2.96. The fourth-order valence-electron chi connectivity index (χ4n) is 1.82. The molecule has 0 radical (unpaired) electrons. The molecule has 0 bridgehead atoms. The lowest BCUT2D eigenvalue weighted by Gasteiger charge is -2.20. The SMILES string of the molecule is CC(C)(C)OC(=O)Nc1cc(NC(=O)c2ccncc2)ccc1F. The zero-order valence-corrected chi connectivity index (χ0v) is 13.6. The Bertz CT molecular complexity index is 742. The van der Waals surface area contributed by atoms with Crippen molar-refractivity contribution in [2.45, 2.75) is 26.4 Å². The summed E-state index contributed by atoms with van der Waals surface area (Å²) in [5, 5.41) is 4.94. The van der Waals surface area contributed by atoms with Gasteiger partial charge in [0.05, 0.1) is 5.69 Å². The molecular weight excluding hydrogens is 313 g/mol. The molecule has 0 aliphatic heterocycles. The van der Waals surface area contributed by atoms with Crippen LogP contribution in [0.2, 0.25) is 0 Å². The summed E-state index contributed by atoms with van der Waals surface area (Å²) >= 11 is 0. The normalized spacial score (nSPS) is 10.8. The first kappa shape index (κ1) is 17.4. The molecule has 0 aliphatic carbocycles. The second-order valence-electron chi connectivity index (χ2n) is 6.01. The molecule has 1 heterocycles. The molecule has 0 saturated carbocycles. The van der Waals surface area contributed by atoms with Gasteiger partial charge in [-0.2, -0.15) is 0 Å². The van der Waals surface area contributed by atoms with Crippen LogP contribution >= 0.6 is 0 Å². The van der Waals surface area contributed by atoms with E-state index in [1.54, 1.807) is 32.9 Å². The number of aromatic nitrogens is 1. The largest absolute Gasteiger partial charge is 0.444 e. The van der Waals surface area contributed by atoms with E-state index in [0.29, 0.717) is 11.3 Å². The van der Waals surface area contributed by atoms with Gasteiger partial charge in [0, 0.05) is 23.6 Å². The topological polar surface area (TPSA) is 80.3 Å². The number of benzene rings is 1. The first-order valence-corrected chi connectivity index (χ1v) is 7.25. The number of hydrogen-bond donors (Lipinski definition) is 2. The van der Waals surface area contributed by atoms with Gasteiger partial charge in [0.15, 0.2) is 0 Å². The van der Waals surface area contributed by atoms with Crippen molar-refractivity contribution in [2.24, 2.45) is 0 Å². The summed E-state index contributed by atoms with van der Waals surface area (Å²) in [4.78, 5) is 27.6. The standard InChI is InChI=1S/C17H18FN3O3/c1-17(2,3)24-16(23)21-14-10-12(4-5-13(14)18)20-15(22)11-6-8-19-9-7-11/h4-10H,1-3H3,(H,20,22)(H,21,23). The van der Waals surface area contributed by atoms with Crippen molar-refractivity contribution >= 4 is 23.4 Å². The van der Waals surface area contributed by atoms with E-state index in [4.69, 9.17) is 4.74 Å². The number of carbonyl (C=O) groups is 2. The molecule has 6 nitrogen and oxygen atoms in total. The maximum absolute atomic E-state index is 13.8. The Kier molecular flexibility index (Phi) is 5.13. The highest BCUT2D eigenvalue weighted by Gasteiger charge is 2.17. The highest BCUT2D eigenvalue weighted by atomic mass is 19.1. The second-order valence-corrected chi connectivity index (χ2v) is 6.01. The van der Waals surface area contributed by atoms with E-state index < -0.39 is 17.5 Å². The van der Waals surface area contributed by atoms with E-state index in [1.807, 2.05) is 0 Å². The fraction of sp³-hybridized carbons (Fsp3) is 0.235. The summed E-state index contributed by atoms with van der Waals surface area (Å²) in [6.45, 7) is 5.11. The average Bonchev–Trinajstić information content (AvgIpc) is 2.49. The molecule has 2 N–H and O–H groups in total. The van der Waals surface area contributed by atoms with Crippen molar-refractivity contribution < 1.29 is 18.7 Å². The van der Waals surface area contributed by atoms with Crippen LogP contribution in [0.15, 0.2) is 42.7 Å². The van der Waals surface area contributed by atoms with Crippen LogP contribution in [-0.2, 0) is 4.74 Å². The quantitative estimate of drug-likeness (QED) is 0.896. The van der Waals surface area contributed by atoms with Crippen LogP contribution in [0.3, 0.4) is 0 Å². The van der Waals surface area contributed by atoms with Gasteiger partial charge in [-0.05, 0) is 51.1 Å². The molecule has 2 rings (SSSR count). The molecular formula is C17H18FN3O3. The van der Waals surface area contributed by atoms with Crippen molar-refractivity contribution in [3.8, 4) is 0 Å². The lowest BCUT2D eigenvalue weighted by atomic mass is 10.2. The summed E-state index contributed by atoms with van der Waals surface area (Å²) < 4.78 is 18.9. The van der Waals surface area contributed by atoms with E-state index >= 15 is 0 Å². The Morgan fingerprint density at radius 2 is 1.75 bits per heavy atom. The summed E-state index contributed by atoms with van der Waals surface area (Å²) in [6.07, 6.45) is 2.21. The molecule has 0 aliphatic rings. The molecule has 0 fully saturated rings. The molecule has 0 unspecified atom stereocenters. The van der Waals surface area contributed by atoms with Crippen LogP contribution in [-0.4, -0.2) is 22.6 Å². The number of halogens is 1. The van der Waals surface area contributed by atoms with Gasteiger partial charge in [0.2, 0.25) is 0 Å². The number of pyridine rings is 1. The van der Waals surface area contributed by atoms with Gasteiger partial charge in [-0.3, -0.25) is 15.1 Å². The monoisotopic (exact) mass is 331 g/mol. The van der Waals surface area contributed by atoms with Crippen LogP contribution < -0.4 is 10.6 Å². The van der Waals surface area contributed by atoms with E-state index in [-0.39, 0.29) is 11.6 Å². The van der Waals surface area contributed by atoms with Crippen LogP contribution in [0.4, 0.5) is 20.6 Å². The molecule has 0 spiro atoms. The third kappa shape index (κ3) is 5.05. The third-order valence-electron chi connectivity index (χ3n) is 2.80. The number of hydrogen-bond acceptors (Lipinski definition) is 4. The lowest BCUT2D eigenvalue weighted by Crippen LogP contribution is -2.27. The van der Waals surface area contributed by atoms with Crippen molar-refractivity contribution in [2.75, 3.05) is 10.6 Å². The summed E-state index contributed by atoms with van der Waals surface area (Å²) in [5.74, 6) is -1.00. The number of carbonyl (C=O) groups excluding carboxylic acids is 2. The number of rotatable bonds is 3. The van der Waals surface area contributed by atoms with Gasteiger partial charge in [-0.25, -0.2) is 9.18 Å². The van der Waals surface area contributed by atoms with Crippen molar-refractivity contribution in [3.63, 3.8) is 0 Å². The lowest BCUT2D eigenvalue weighted by molar-refractivity contribution is 0.0635. The number of nitrogens with one attached hydrogen (secondary N) is 2. The maximum Gasteiger partial charge on any atom is 0.412 e. The van der Waals surface area contributed by atoms with Crippen molar-refractivity contribution in [1.82, 2.24) is 4.98 Å². The number of ether oxygens (including phenoxy) is 1. The van der Waals surface area contributed by atoms with Crippen LogP contribution in [0.5, 0.6) is 0 Å². The fourth-order valence-corrected chi connectivity index (χ4v) is 1.82. The molecule has 1 aromatic carbocycles. The average molecular weight is 331 g/mol. The zero-order chi connectivity index (χ0) is 17.7. The first-order valence-electron chi connectivity index (χ1n) is 7.25. The molecule has 0 atom stereocenters. The maximum atomic E-state index is 13.8. The summed E-state index contributed by atoms with van der Waals surface area (Å²) in [5.41, 5.74) is -0.0368. The van der Waals surface area contributed by atoms with Gasteiger partial charge in [-0.1, -0.05) is 0 Å². The van der Waals surface area contributed by atoms with Gasteiger partial charge in [0.25, 0.3) is 5.91 Å². The highest BCUT2D eigenvalue weighted by molar-refractivity contribution is 6.04. The van der Waals surface area contributed by atoms with E-state index in [1.165, 1.54) is 24.5 Å². The number of amides is 2. The molecule has 0 saturated heterocycles. The molecule has 126 valence electrons. The van der Waals surface area contributed by atoms with Crippen molar-refractivity contribution in [1.29, 1.82) is 0 Å². The molecule has 2 amide bonds. The van der Waals surface area contributed by atoms with E-state index in [9.17, 15) is 14.0 Å². The summed E-state index contributed by atoms with van der Waals surface area (Å²) in [6, 6.07) is 6.97. The minimum Gasteiger partial charge on any atom is -0.444 e. The van der Waals surface area contributed by atoms with E-state index in [0.717, 1.165) is 6.07 Å². The predicted octanol–water partition coefficient (Wildman–Crippen LogP) is 3.82. The molecule has 24 heavy (non-hydrogen) atoms. The first-order chi connectivity index (χ1) is 11.2. The van der Waals surface area contributed by atoms with E-state index in [2.05, 4.69) is 15.6 Å². The predicted molar refractivity (Wildman–Crippen MR) is 88.4 cm³/mol. The van der Waals surface area contributed by atoms with Gasteiger partial charge >= 0.3 is 6.09 Å². The minimum atomic E-state index is -0.779. The Labute approximate surface area is 139 Å². The Morgan fingerprint density at radius 3 is 2.38 bits per heavy atom. The third-order valence-corrected chi connectivity index (χ3v) is 2.80. The molecule has 7 heteroatoms.